The topological polar surface area (TPSA) is 71.7 Å². The van der Waals surface area contributed by atoms with Crippen LogP contribution in [0.4, 0.5) is 0 Å². The van der Waals surface area contributed by atoms with Crippen LogP contribution in [-0.2, 0) is 16.1 Å². The van der Waals surface area contributed by atoms with E-state index in [0.29, 0.717) is 50.5 Å². The van der Waals surface area contributed by atoms with E-state index in [0.717, 1.165) is 31.5 Å². The van der Waals surface area contributed by atoms with Crippen LogP contribution in [0.15, 0.2) is 28.8 Å². The molecule has 7 heteroatoms. The molecular weight excluding hydrogens is 368 g/mol. The molecule has 29 heavy (non-hydrogen) atoms. The number of piperidine rings is 1. The predicted octanol–water partition coefficient (Wildman–Crippen LogP) is 2.93. The summed E-state index contributed by atoms with van der Waals surface area (Å²) in [6.45, 7) is 9.34. The third-order valence-corrected chi connectivity index (χ3v) is 5.84. The lowest BCUT2D eigenvalue weighted by molar-refractivity contribution is -0.141. The van der Waals surface area contributed by atoms with Crippen molar-refractivity contribution in [1.82, 2.24) is 19.9 Å². The summed E-state index contributed by atoms with van der Waals surface area (Å²) >= 11 is 0. The van der Waals surface area contributed by atoms with Gasteiger partial charge in [-0.25, -0.2) is 0 Å². The molecule has 4 rings (SSSR count). The molecule has 0 saturated carbocycles. The van der Waals surface area contributed by atoms with E-state index in [9.17, 15) is 4.79 Å². The minimum atomic E-state index is 0.0489. The van der Waals surface area contributed by atoms with Crippen molar-refractivity contribution in [3.63, 3.8) is 0 Å². The van der Waals surface area contributed by atoms with Crippen molar-refractivity contribution in [3.05, 3.63) is 35.7 Å². The fourth-order valence-electron chi connectivity index (χ4n) is 4.09. The Morgan fingerprint density at radius 2 is 1.93 bits per heavy atom. The number of likely N-dealkylation sites (tertiary alicyclic amines) is 1. The average Bonchev–Trinajstić information content (AvgIpc) is 3.22. The smallest absolute Gasteiger partial charge is 0.241 e. The molecule has 2 aliphatic heterocycles. The van der Waals surface area contributed by atoms with Gasteiger partial charge in [0.2, 0.25) is 17.6 Å². The molecule has 1 aromatic heterocycles. The van der Waals surface area contributed by atoms with Crippen LogP contribution in [0.3, 0.4) is 0 Å². The molecule has 0 spiro atoms. The highest BCUT2D eigenvalue weighted by atomic mass is 16.5. The first-order valence-electron chi connectivity index (χ1n) is 10.6. The van der Waals surface area contributed by atoms with Crippen LogP contribution in [0, 0.1) is 5.92 Å². The van der Waals surface area contributed by atoms with Crippen molar-refractivity contribution in [1.29, 1.82) is 0 Å². The van der Waals surface area contributed by atoms with Crippen molar-refractivity contribution in [3.8, 4) is 11.4 Å². The molecule has 0 N–H and O–H groups in total. The van der Waals surface area contributed by atoms with Crippen molar-refractivity contribution in [2.24, 2.45) is 5.92 Å². The van der Waals surface area contributed by atoms with Gasteiger partial charge in [0, 0.05) is 25.2 Å². The molecule has 2 saturated heterocycles. The molecule has 3 heterocycles. The highest BCUT2D eigenvalue weighted by Crippen LogP contribution is 2.23. The lowest BCUT2D eigenvalue weighted by atomic mass is 9.96. The van der Waals surface area contributed by atoms with Gasteiger partial charge >= 0.3 is 0 Å². The Balaban J connectivity index is 1.36. The van der Waals surface area contributed by atoms with Crippen LogP contribution in [0.2, 0.25) is 0 Å². The van der Waals surface area contributed by atoms with Crippen molar-refractivity contribution >= 4 is 5.91 Å². The Morgan fingerprint density at radius 3 is 2.66 bits per heavy atom. The summed E-state index contributed by atoms with van der Waals surface area (Å²) in [5.41, 5.74) is 2.25. The number of ether oxygens (including phenoxy) is 1. The van der Waals surface area contributed by atoms with E-state index in [1.165, 1.54) is 5.56 Å². The van der Waals surface area contributed by atoms with Crippen molar-refractivity contribution in [2.45, 2.75) is 39.2 Å². The Morgan fingerprint density at radius 1 is 1.17 bits per heavy atom. The zero-order valence-electron chi connectivity index (χ0n) is 17.3. The molecule has 156 valence electrons. The molecular formula is C22H30N4O3. The van der Waals surface area contributed by atoms with Gasteiger partial charge in [-0.1, -0.05) is 43.3 Å². The second kappa shape index (κ2) is 9.05. The first-order chi connectivity index (χ1) is 14.1. The molecule has 1 aromatic carbocycles. The first kappa shape index (κ1) is 20.0. The molecule has 1 unspecified atom stereocenters. The summed E-state index contributed by atoms with van der Waals surface area (Å²) in [6.07, 6.45) is 1.96. The van der Waals surface area contributed by atoms with E-state index in [1.807, 2.05) is 17.0 Å². The third kappa shape index (κ3) is 4.85. The van der Waals surface area contributed by atoms with E-state index in [1.54, 1.807) is 0 Å². The van der Waals surface area contributed by atoms with Crippen molar-refractivity contribution in [2.75, 3.05) is 39.4 Å². The second-order valence-corrected chi connectivity index (χ2v) is 8.30. The summed E-state index contributed by atoms with van der Waals surface area (Å²) in [5, 5.41) is 4.15. The number of morpholine rings is 1. The molecule has 1 amide bonds. The van der Waals surface area contributed by atoms with Gasteiger partial charge in [-0.05, 0) is 30.9 Å². The molecule has 2 aliphatic rings. The fraction of sp³-hybridized carbons (Fsp3) is 0.591. The number of aromatic nitrogens is 2. The van der Waals surface area contributed by atoms with Gasteiger partial charge in [0.15, 0.2) is 0 Å². The number of rotatable bonds is 5. The van der Waals surface area contributed by atoms with Gasteiger partial charge < -0.3 is 14.2 Å². The van der Waals surface area contributed by atoms with Crippen LogP contribution in [0.25, 0.3) is 11.4 Å². The van der Waals surface area contributed by atoms with Gasteiger partial charge in [0.25, 0.3) is 0 Å². The second-order valence-electron chi connectivity index (χ2n) is 8.30. The normalized spacial score (nSPS) is 20.9. The predicted molar refractivity (Wildman–Crippen MR) is 109 cm³/mol. The molecule has 1 atom stereocenters. The Hall–Kier alpha value is -2.25. The van der Waals surface area contributed by atoms with Gasteiger partial charge in [0.1, 0.15) is 0 Å². The SMILES string of the molecule is CC(C)c1ccc(-c2noc(CN3CCCC(C(=O)N4CCOCC4)C3)n2)cc1. The minimum Gasteiger partial charge on any atom is -0.378 e. The highest BCUT2D eigenvalue weighted by Gasteiger charge is 2.30. The molecule has 0 aliphatic carbocycles. The molecule has 0 bridgehead atoms. The summed E-state index contributed by atoms with van der Waals surface area (Å²) in [7, 11) is 0. The zero-order valence-corrected chi connectivity index (χ0v) is 17.3. The summed E-state index contributed by atoms with van der Waals surface area (Å²) < 4.78 is 10.9. The number of carbonyl (C=O) groups is 1. The Bertz CT molecular complexity index is 812. The molecule has 2 aromatic rings. The maximum Gasteiger partial charge on any atom is 0.241 e. The monoisotopic (exact) mass is 398 g/mol. The highest BCUT2D eigenvalue weighted by molar-refractivity contribution is 5.79. The van der Waals surface area contributed by atoms with Crippen LogP contribution in [-0.4, -0.2) is 65.2 Å². The maximum atomic E-state index is 12.8. The first-order valence-corrected chi connectivity index (χ1v) is 10.6. The number of hydrogen-bond acceptors (Lipinski definition) is 6. The zero-order chi connectivity index (χ0) is 20.2. The van der Waals surface area contributed by atoms with Gasteiger partial charge in [-0.3, -0.25) is 9.69 Å². The lowest BCUT2D eigenvalue weighted by Crippen LogP contribution is -2.48. The number of carbonyl (C=O) groups excluding carboxylic acids is 1. The van der Waals surface area contributed by atoms with E-state index >= 15 is 0 Å². The van der Waals surface area contributed by atoms with Crippen molar-refractivity contribution < 1.29 is 14.1 Å². The molecule has 2 fully saturated rings. The van der Waals surface area contributed by atoms with E-state index in [2.05, 4.69) is 41.0 Å². The van der Waals surface area contributed by atoms with Crippen LogP contribution < -0.4 is 0 Å². The third-order valence-electron chi connectivity index (χ3n) is 5.84. The minimum absolute atomic E-state index is 0.0489. The van der Waals surface area contributed by atoms with E-state index < -0.39 is 0 Å². The standard InChI is InChI=1S/C22H30N4O3/c1-16(2)17-5-7-18(8-6-17)21-23-20(29-24-21)15-25-9-3-4-19(14-25)22(27)26-10-12-28-13-11-26/h5-8,16,19H,3-4,9-15H2,1-2H3. The van der Waals surface area contributed by atoms with E-state index in [4.69, 9.17) is 9.26 Å². The number of benzene rings is 1. The summed E-state index contributed by atoms with van der Waals surface area (Å²) in [4.78, 5) is 21.6. The number of nitrogens with zero attached hydrogens (tertiary/aromatic N) is 4. The summed E-state index contributed by atoms with van der Waals surface area (Å²) in [6, 6.07) is 8.31. The van der Waals surface area contributed by atoms with Crippen LogP contribution in [0.5, 0.6) is 0 Å². The Labute approximate surface area is 172 Å². The maximum absolute atomic E-state index is 12.8. The van der Waals surface area contributed by atoms with Gasteiger partial charge in [-0.15, -0.1) is 0 Å². The quantitative estimate of drug-likeness (QED) is 0.771. The lowest BCUT2D eigenvalue weighted by Gasteiger charge is -2.35. The largest absolute Gasteiger partial charge is 0.378 e. The van der Waals surface area contributed by atoms with Gasteiger partial charge in [-0.2, -0.15) is 4.98 Å². The van der Waals surface area contributed by atoms with E-state index in [-0.39, 0.29) is 11.8 Å². The number of amides is 1. The molecule has 7 nitrogen and oxygen atoms in total. The molecule has 0 radical (unpaired) electrons. The van der Waals surface area contributed by atoms with Crippen LogP contribution >= 0.6 is 0 Å². The Kier molecular flexibility index (Phi) is 6.25. The summed E-state index contributed by atoms with van der Waals surface area (Å²) in [5.74, 6) is 2.03. The average molecular weight is 399 g/mol. The number of hydrogen-bond donors (Lipinski definition) is 0. The fourth-order valence-corrected chi connectivity index (χ4v) is 4.09. The van der Waals surface area contributed by atoms with Crippen LogP contribution in [0.1, 0.15) is 44.1 Å². The van der Waals surface area contributed by atoms with Gasteiger partial charge in [0.05, 0.1) is 25.7 Å².